The Kier molecular flexibility index (Phi) is 9.37. The van der Waals surface area contributed by atoms with Gasteiger partial charge in [0.1, 0.15) is 0 Å². The van der Waals surface area contributed by atoms with Gasteiger partial charge in [0.05, 0.1) is 6.42 Å². The van der Waals surface area contributed by atoms with Crippen LogP contribution in [-0.4, -0.2) is 29.8 Å². The van der Waals surface area contributed by atoms with Crippen molar-refractivity contribution in [3.8, 4) is 0 Å². The molecule has 5 nitrogen and oxygen atoms in total. The van der Waals surface area contributed by atoms with Gasteiger partial charge in [0.2, 0.25) is 5.91 Å². The first-order chi connectivity index (χ1) is 12.5. The third-order valence-electron chi connectivity index (χ3n) is 4.03. The van der Waals surface area contributed by atoms with Crippen molar-refractivity contribution in [2.45, 2.75) is 33.1 Å². The summed E-state index contributed by atoms with van der Waals surface area (Å²) in [4.78, 5) is 26.6. The van der Waals surface area contributed by atoms with E-state index in [-0.39, 0.29) is 30.6 Å². The van der Waals surface area contributed by atoms with Gasteiger partial charge in [0, 0.05) is 30.0 Å². The number of nitrogen functional groups attached to an aromatic ring is 1. The molecule has 0 aliphatic heterocycles. The molecule has 0 aliphatic rings. The Hall–Kier alpha value is -2.53. The zero-order chi connectivity index (χ0) is 18.9. The zero-order valence-corrected chi connectivity index (χ0v) is 16.7. The number of anilines is 2. The predicted octanol–water partition coefficient (Wildman–Crippen LogP) is 4.13. The Labute approximate surface area is 167 Å². The molecule has 0 aliphatic carbocycles. The van der Waals surface area contributed by atoms with Crippen LogP contribution in [0.5, 0.6) is 0 Å². The molecule has 0 heterocycles. The van der Waals surface area contributed by atoms with Crippen molar-refractivity contribution in [3.05, 3.63) is 59.7 Å². The van der Waals surface area contributed by atoms with E-state index in [1.165, 1.54) is 0 Å². The van der Waals surface area contributed by atoms with Crippen molar-refractivity contribution in [2.75, 3.05) is 24.1 Å². The van der Waals surface area contributed by atoms with Crippen molar-refractivity contribution < 1.29 is 9.59 Å². The number of amides is 2. The van der Waals surface area contributed by atoms with E-state index in [9.17, 15) is 9.59 Å². The lowest BCUT2D eigenvalue weighted by Gasteiger charge is -2.21. The fraction of sp³-hybridized carbons (Fsp3) is 0.333. The molecule has 0 spiro atoms. The van der Waals surface area contributed by atoms with Crippen molar-refractivity contribution >= 4 is 35.6 Å². The highest BCUT2D eigenvalue weighted by Gasteiger charge is 2.14. The predicted molar refractivity (Wildman–Crippen MR) is 113 cm³/mol. The van der Waals surface area contributed by atoms with E-state index in [0.717, 1.165) is 31.5 Å². The van der Waals surface area contributed by atoms with E-state index in [2.05, 4.69) is 19.2 Å². The molecule has 0 atom stereocenters. The highest BCUT2D eigenvalue weighted by Crippen LogP contribution is 2.13. The van der Waals surface area contributed by atoms with Crippen molar-refractivity contribution in [1.82, 2.24) is 4.90 Å². The van der Waals surface area contributed by atoms with E-state index in [1.54, 1.807) is 36.4 Å². The smallest absolute Gasteiger partial charge is 0.253 e. The third kappa shape index (κ3) is 6.94. The van der Waals surface area contributed by atoms with Crippen molar-refractivity contribution in [1.29, 1.82) is 0 Å². The molecular weight excluding hydrogens is 362 g/mol. The van der Waals surface area contributed by atoms with E-state index in [0.29, 0.717) is 16.9 Å². The summed E-state index contributed by atoms with van der Waals surface area (Å²) in [5, 5.41) is 2.86. The van der Waals surface area contributed by atoms with E-state index >= 15 is 0 Å². The summed E-state index contributed by atoms with van der Waals surface area (Å²) in [7, 11) is 0. The molecule has 0 aromatic heterocycles. The average Bonchev–Trinajstić information content (AvgIpc) is 2.63. The maximum Gasteiger partial charge on any atom is 0.253 e. The van der Waals surface area contributed by atoms with Crippen LogP contribution in [0.2, 0.25) is 0 Å². The minimum atomic E-state index is -0.104. The van der Waals surface area contributed by atoms with Gasteiger partial charge >= 0.3 is 0 Å². The second-order valence-corrected chi connectivity index (χ2v) is 6.34. The number of carbonyl (C=O) groups excluding carboxylic acids is 2. The highest BCUT2D eigenvalue weighted by molar-refractivity contribution is 5.96. The monoisotopic (exact) mass is 389 g/mol. The Bertz CT molecular complexity index is 724. The fourth-order valence-electron chi connectivity index (χ4n) is 2.76. The lowest BCUT2D eigenvalue weighted by molar-refractivity contribution is -0.115. The van der Waals surface area contributed by atoms with Crippen LogP contribution in [0.15, 0.2) is 48.5 Å². The topological polar surface area (TPSA) is 75.4 Å². The Balaban J connectivity index is 0.00000364. The van der Waals surface area contributed by atoms with Gasteiger partial charge in [-0.2, -0.15) is 0 Å². The number of hydrogen-bond donors (Lipinski definition) is 2. The molecule has 6 heteroatoms. The van der Waals surface area contributed by atoms with Gasteiger partial charge in [0.15, 0.2) is 0 Å². The van der Waals surface area contributed by atoms with Crippen LogP contribution in [0.1, 0.15) is 42.6 Å². The van der Waals surface area contributed by atoms with Crippen LogP contribution >= 0.6 is 12.4 Å². The maximum absolute atomic E-state index is 12.6. The molecule has 27 heavy (non-hydrogen) atoms. The van der Waals surface area contributed by atoms with Crippen LogP contribution in [0.3, 0.4) is 0 Å². The molecule has 0 bridgehead atoms. The first-order valence-electron chi connectivity index (χ1n) is 9.07. The minimum Gasteiger partial charge on any atom is -0.399 e. The van der Waals surface area contributed by atoms with Gasteiger partial charge in [-0.05, 0) is 54.8 Å². The Morgan fingerprint density at radius 3 is 2.00 bits per heavy atom. The molecular formula is C21H28ClN3O2. The van der Waals surface area contributed by atoms with Gasteiger partial charge in [-0.15, -0.1) is 12.4 Å². The van der Waals surface area contributed by atoms with Crippen LogP contribution in [-0.2, 0) is 11.2 Å². The molecule has 146 valence electrons. The van der Waals surface area contributed by atoms with Gasteiger partial charge in [0.25, 0.3) is 5.91 Å². The van der Waals surface area contributed by atoms with Gasteiger partial charge in [-0.25, -0.2) is 0 Å². The average molecular weight is 390 g/mol. The molecule has 2 rings (SSSR count). The highest BCUT2D eigenvalue weighted by atomic mass is 35.5. The molecule has 2 aromatic carbocycles. The van der Waals surface area contributed by atoms with Crippen LogP contribution in [0.4, 0.5) is 11.4 Å². The molecule has 0 radical (unpaired) electrons. The van der Waals surface area contributed by atoms with E-state index < -0.39 is 0 Å². The summed E-state index contributed by atoms with van der Waals surface area (Å²) in [6, 6.07) is 14.3. The summed E-state index contributed by atoms with van der Waals surface area (Å²) in [6.07, 6.45) is 2.15. The third-order valence-corrected chi connectivity index (χ3v) is 4.03. The molecule has 0 saturated carbocycles. The number of nitrogens with two attached hydrogens (primary N) is 1. The molecule has 3 N–H and O–H groups in total. The number of hydrogen-bond acceptors (Lipinski definition) is 3. The lowest BCUT2D eigenvalue weighted by atomic mass is 10.1. The quantitative estimate of drug-likeness (QED) is 0.666. The molecule has 2 amide bonds. The first-order valence-corrected chi connectivity index (χ1v) is 9.07. The molecule has 2 aromatic rings. The van der Waals surface area contributed by atoms with Gasteiger partial charge in [-0.1, -0.05) is 26.0 Å². The fourth-order valence-corrected chi connectivity index (χ4v) is 2.76. The number of nitrogens with zero attached hydrogens (tertiary/aromatic N) is 1. The molecule has 0 unspecified atom stereocenters. The van der Waals surface area contributed by atoms with Crippen LogP contribution < -0.4 is 11.1 Å². The van der Waals surface area contributed by atoms with Gasteiger partial charge in [-0.3, -0.25) is 9.59 Å². The summed E-state index contributed by atoms with van der Waals surface area (Å²) < 4.78 is 0. The lowest BCUT2D eigenvalue weighted by Crippen LogP contribution is -2.32. The van der Waals surface area contributed by atoms with Crippen LogP contribution in [0, 0.1) is 0 Å². The molecule has 0 saturated heterocycles. The summed E-state index contributed by atoms with van der Waals surface area (Å²) in [5.74, 6) is -0.0686. The number of carbonyl (C=O) groups is 2. The second kappa shape index (κ2) is 11.2. The maximum atomic E-state index is 12.6. The van der Waals surface area contributed by atoms with E-state index in [1.807, 2.05) is 17.0 Å². The SMILES string of the molecule is CCCN(CCC)C(=O)c1ccc(NC(=O)Cc2ccc(N)cc2)cc1.Cl. The van der Waals surface area contributed by atoms with Gasteiger partial charge < -0.3 is 16.0 Å². The standard InChI is InChI=1S/C21H27N3O2.ClH/c1-3-13-24(14-4-2)21(26)17-7-11-19(12-8-17)23-20(25)15-16-5-9-18(22)10-6-16;/h5-12H,3-4,13-15,22H2,1-2H3,(H,23,25);1H. The first kappa shape index (κ1) is 22.5. The van der Waals surface area contributed by atoms with Crippen LogP contribution in [0.25, 0.3) is 0 Å². The Morgan fingerprint density at radius 1 is 0.926 bits per heavy atom. The number of nitrogens with one attached hydrogen (secondary N) is 1. The number of benzene rings is 2. The largest absolute Gasteiger partial charge is 0.399 e. The summed E-state index contributed by atoms with van der Waals surface area (Å²) in [6.45, 7) is 5.64. The number of rotatable bonds is 8. The summed E-state index contributed by atoms with van der Waals surface area (Å²) in [5.41, 5.74) is 8.55. The summed E-state index contributed by atoms with van der Waals surface area (Å²) >= 11 is 0. The number of halogens is 1. The van der Waals surface area contributed by atoms with E-state index in [4.69, 9.17) is 5.73 Å². The zero-order valence-electron chi connectivity index (χ0n) is 15.9. The molecule has 0 fully saturated rings. The van der Waals surface area contributed by atoms with Crippen molar-refractivity contribution in [2.24, 2.45) is 0 Å². The van der Waals surface area contributed by atoms with Crippen molar-refractivity contribution in [3.63, 3.8) is 0 Å². The normalized spacial score (nSPS) is 10.0. The minimum absolute atomic E-state index is 0. The second-order valence-electron chi connectivity index (χ2n) is 6.34. The Morgan fingerprint density at radius 2 is 1.48 bits per heavy atom.